The number of hydrogen-bond donors (Lipinski definition) is 1. The number of hydrogen-bond acceptors (Lipinski definition) is 2. The number of nitrogens with one attached hydrogen (secondary N) is 1. The van der Waals surface area contributed by atoms with Gasteiger partial charge in [0.05, 0.1) is 0 Å². The van der Waals surface area contributed by atoms with Gasteiger partial charge in [-0.2, -0.15) is 0 Å². The van der Waals surface area contributed by atoms with Gasteiger partial charge in [-0.15, -0.1) is 0 Å². The molecular weight excluding hydrogens is 267 g/mol. The Kier molecular flexibility index (Phi) is 3.52. The van der Waals surface area contributed by atoms with Gasteiger partial charge < -0.3 is 4.90 Å². The van der Waals surface area contributed by atoms with Gasteiger partial charge >= 0.3 is 0 Å². The van der Waals surface area contributed by atoms with Crippen molar-refractivity contribution in [2.45, 2.75) is 57.8 Å². The summed E-state index contributed by atoms with van der Waals surface area (Å²) in [6.07, 6.45) is 2.38. The van der Waals surface area contributed by atoms with E-state index in [9.17, 15) is 9.18 Å². The van der Waals surface area contributed by atoms with Crippen molar-refractivity contribution < 1.29 is 9.18 Å². The van der Waals surface area contributed by atoms with Crippen molar-refractivity contribution in [3.63, 3.8) is 0 Å². The molecule has 1 saturated carbocycles. The van der Waals surface area contributed by atoms with Gasteiger partial charge in [0, 0.05) is 11.6 Å². The topological polar surface area (TPSA) is 32.3 Å². The molecule has 0 bridgehead atoms. The van der Waals surface area contributed by atoms with Gasteiger partial charge in [0.25, 0.3) is 0 Å². The number of carbonyl (C=O) groups is 1. The molecular formula is C17H23FN2O. The standard InChI is InChI=1S/C17H23FN2O/c1-4-11(2)12(3)20-15(13-7-5-6-8-14(13)18)19-17(9-10-17)16(20)21/h5-8,11-12,15,19H,4,9-10H2,1-3H3. The maximum Gasteiger partial charge on any atom is 0.244 e. The first-order chi connectivity index (χ1) is 10.00. The van der Waals surface area contributed by atoms with Crippen molar-refractivity contribution >= 4 is 5.91 Å². The van der Waals surface area contributed by atoms with E-state index in [-0.39, 0.29) is 23.9 Å². The summed E-state index contributed by atoms with van der Waals surface area (Å²) in [5, 5.41) is 3.39. The van der Waals surface area contributed by atoms with E-state index < -0.39 is 5.54 Å². The molecule has 1 spiro atoms. The van der Waals surface area contributed by atoms with Crippen molar-refractivity contribution in [2.24, 2.45) is 5.92 Å². The Morgan fingerprint density at radius 3 is 2.62 bits per heavy atom. The van der Waals surface area contributed by atoms with Gasteiger partial charge in [0.15, 0.2) is 0 Å². The molecule has 1 heterocycles. The number of halogens is 1. The van der Waals surface area contributed by atoms with Gasteiger partial charge in [0.1, 0.15) is 17.5 Å². The number of rotatable bonds is 4. The van der Waals surface area contributed by atoms with Crippen LogP contribution < -0.4 is 5.32 Å². The highest BCUT2D eigenvalue weighted by Gasteiger charge is 2.60. The average Bonchev–Trinajstić information content (AvgIpc) is 3.20. The van der Waals surface area contributed by atoms with Gasteiger partial charge in [-0.25, -0.2) is 4.39 Å². The molecule has 1 amide bonds. The highest BCUT2D eigenvalue weighted by Crippen LogP contribution is 2.47. The second kappa shape index (κ2) is 5.09. The first-order valence-electron chi connectivity index (χ1n) is 7.85. The van der Waals surface area contributed by atoms with E-state index in [0.29, 0.717) is 11.5 Å². The van der Waals surface area contributed by atoms with Crippen LogP contribution in [0.3, 0.4) is 0 Å². The molecule has 21 heavy (non-hydrogen) atoms. The Balaban J connectivity index is 1.97. The lowest BCUT2D eigenvalue weighted by Crippen LogP contribution is -2.42. The van der Waals surface area contributed by atoms with E-state index in [2.05, 4.69) is 26.1 Å². The Bertz CT molecular complexity index is 555. The molecule has 1 aliphatic heterocycles. The molecule has 3 unspecified atom stereocenters. The molecule has 0 aromatic heterocycles. The van der Waals surface area contributed by atoms with Gasteiger partial charge in [0.2, 0.25) is 5.91 Å². The molecule has 2 fully saturated rings. The molecule has 4 heteroatoms. The second-order valence-electron chi connectivity index (χ2n) is 6.49. The molecule has 3 nitrogen and oxygen atoms in total. The molecule has 1 aromatic carbocycles. The second-order valence-corrected chi connectivity index (χ2v) is 6.49. The van der Waals surface area contributed by atoms with E-state index in [4.69, 9.17) is 0 Å². The lowest BCUT2D eigenvalue weighted by atomic mass is 9.98. The molecule has 2 aliphatic rings. The van der Waals surface area contributed by atoms with Crippen molar-refractivity contribution in [3.8, 4) is 0 Å². The molecule has 3 rings (SSSR count). The summed E-state index contributed by atoms with van der Waals surface area (Å²) >= 11 is 0. The third kappa shape index (κ3) is 2.26. The van der Waals surface area contributed by atoms with Crippen molar-refractivity contribution in [1.82, 2.24) is 10.2 Å². The van der Waals surface area contributed by atoms with Gasteiger partial charge in [-0.3, -0.25) is 10.1 Å². The van der Waals surface area contributed by atoms with E-state index in [0.717, 1.165) is 19.3 Å². The summed E-state index contributed by atoms with van der Waals surface area (Å²) < 4.78 is 14.2. The van der Waals surface area contributed by atoms with Gasteiger partial charge in [-0.1, -0.05) is 38.5 Å². The van der Waals surface area contributed by atoms with E-state index >= 15 is 0 Å². The Morgan fingerprint density at radius 2 is 2.05 bits per heavy atom. The third-order valence-electron chi connectivity index (χ3n) is 5.19. The quantitative estimate of drug-likeness (QED) is 0.923. The van der Waals surface area contributed by atoms with Crippen LogP contribution in [0.2, 0.25) is 0 Å². The number of benzene rings is 1. The highest BCUT2D eigenvalue weighted by atomic mass is 19.1. The molecule has 1 aromatic rings. The van der Waals surface area contributed by atoms with Crippen LogP contribution in [0.15, 0.2) is 24.3 Å². The molecule has 1 N–H and O–H groups in total. The summed E-state index contributed by atoms with van der Waals surface area (Å²) in [5.41, 5.74) is 0.152. The Morgan fingerprint density at radius 1 is 1.38 bits per heavy atom. The van der Waals surface area contributed by atoms with Crippen LogP contribution in [-0.4, -0.2) is 22.4 Å². The number of nitrogens with zero attached hydrogens (tertiary/aromatic N) is 1. The van der Waals surface area contributed by atoms with Crippen LogP contribution >= 0.6 is 0 Å². The molecule has 114 valence electrons. The zero-order valence-corrected chi connectivity index (χ0v) is 12.9. The summed E-state index contributed by atoms with van der Waals surface area (Å²) in [7, 11) is 0. The molecule has 1 aliphatic carbocycles. The summed E-state index contributed by atoms with van der Waals surface area (Å²) in [6.45, 7) is 6.34. The fraction of sp³-hybridized carbons (Fsp3) is 0.588. The summed E-state index contributed by atoms with van der Waals surface area (Å²) in [6, 6.07) is 6.85. The van der Waals surface area contributed by atoms with Gasteiger partial charge in [-0.05, 0) is 31.7 Å². The van der Waals surface area contributed by atoms with E-state index in [1.807, 2.05) is 11.0 Å². The van der Waals surface area contributed by atoms with Crippen LogP contribution in [-0.2, 0) is 4.79 Å². The number of amides is 1. The van der Waals surface area contributed by atoms with Crippen LogP contribution in [0.5, 0.6) is 0 Å². The van der Waals surface area contributed by atoms with E-state index in [1.54, 1.807) is 12.1 Å². The van der Waals surface area contributed by atoms with Crippen LogP contribution in [0.4, 0.5) is 4.39 Å². The number of carbonyl (C=O) groups excluding carboxylic acids is 1. The molecule has 0 radical (unpaired) electrons. The summed E-state index contributed by atoms with van der Waals surface area (Å²) in [4.78, 5) is 14.7. The van der Waals surface area contributed by atoms with Crippen LogP contribution in [0, 0.1) is 11.7 Å². The lowest BCUT2D eigenvalue weighted by Gasteiger charge is -2.34. The predicted octanol–water partition coefficient (Wildman–Crippen LogP) is 3.22. The zero-order valence-electron chi connectivity index (χ0n) is 12.9. The first kappa shape index (κ1) is 14.5. The normalized spacial score (nSPS) is 26.2. The Labute approximate surface area is 125 Å². The maximum atomic E-state index is 14.2. The molecule has 3 atom stereocenters. The van der Waals surface area contributed by atoms with Crippen LogP contribution in [0.25, 0.3) is 0 Å². The highest BCUT2D eigenvalue weighted by molar-refractivity contribution is 5.92. The predicted molar refractivity (Wildman–Crippen MR) is 80.0 cm³/mol. The largest absolute Gasteiger partial charge is 0.318 e. The monoisotopic (exact) mass is 290 g/mol. The SMILES string of the molecule is CCC(C)C(C)N1C(=O)C2(CC2)NC1c1ccccc1F. The minimum atomic E-state index is -0.422. The average molecular weight is 290 g/mol. The minimum absolute atomic E-state index is 0.0968. The fourth-order valence-corrected chi connectivity index (χ4v) is 3.20. The fourth-order valence-electron chi connectivity index (χ4n) is 3.20. The Hall–Kier alpha value is -1.42. The van der Waals surface area contributed by atoms with Crippen molar-refractivity contribution in [1.29, 1.82) is 0 Å². The smallest absolute Gasteiger partial charge is 0.244 e. The van der Waals surface area contributed by atoms with Crippen molar-refractivity contribution in [3.05, 3.63) is 35.6 Å². The lowest BCUT2D eigenvalue weighted by molar-refractivity contribution is -0.133. The summed E-state index contributed by atoms with van der Waals surface area (Å²) in [5.74, 6) is 0.282. The van der Waals surface area contributed by atoms with Crippen molar-refractivity contribution in [2.75, 3.05) is 0 Å². The minimum Gasteiger partial charge on any atom is -0.318 e. The van der Waals surface area contributed by atoms with E-state index in [1.165, 1.54) is 6.07 Å². The molecule has 1 saturated heterocycles. The first-order valence-corrected chi connectivity index (χ1v) is 7.85. The maximum absolute atomic E-state index is 14.2. The zero-order chi connectivity index (χ0) is 15.2. The van der Waals surface area contributed by atoms with Crippen LogP contribution in [0.1, 0.15) is 51.8 Å². The third-order valence-corrected chi connectivity index (χ3v) is 5.19.